The maximum absolute atomic E-state index is 12.3. The van der Waals surface area contributed by atoms with Crippen LogP contribution in [-0.2, 0) is 6.54 Å². The number of hydrogen-bond acceptors (Lipinski definition) is 2. The molecular formula is C21H23ClN2O2. The van der Waals surface area contributed by atoms with Gasteiger partial charge < -0.3 is 10.6 Å². The molecule has 0 spiro atoms. The Morgan fingerprint density at radius 2 is 1.42 bits per heavy atom. The summed E-state index contributed by atoms with van der Waals surface area (Å²) in [6.07, 6.45) is 5.72. The molecule has 0 heterocycles. The van der Waals surface area contributed by atoms with Gasteiger partial charge in [-0.1, -0.05) is 43.0 Å². The van der Waals surface area contributed by atoms with Crippen molar-refractivity contribution in [1.82, 2.24) is 10.6 Å². The van der Waals surface area contributed by atoms with E-state index in [9.17, 15) is 9.59 Å². The summed E-state index contributed by atoms with van der Waals surface area (Å²) < 4.78 is 0. The van der Waals surface area contributed by atoms with Crippen LogP contribution in [0.3, 0.4) is 0 Å². The summed E-state index contributed by atoms with van der Waals surface area (Å²) in [5, 5.41) is 6.62. The van der Waals surface area contributed by atoms with E-state index in [1.165, 1.54) is 19.3 Å². The number of benzene rings is 2. The quantitative estimate of drug-likeness (QED) is 0.822. The lowest BCUT2D eigenvalue weighted by molar-refractivity contribution is 0.0922. The third-order valence-corrected chi connectivity index (χ3v) is 4.97. The molecule has 5 heteroatoms. The molecule has 3 rings (SSSR count). The van der Waals surface area contributed by atoms with Gasteiger partial charge in [0.2, 0.25) is 0 Å². The van der Waals surface area contributed by atoms with E-state index in [1.54, 1.807) is 36.4 Å². The molecule has 136 valence electrons. The summed E-state index contributed by atoms with van der Waals surface area (Å²) in [4.78, 5) is 24.6. The normalized spacial score (nSPS) is 14.7. The molecule has 0 bridgehead atoms. The number of carbonyl (C=O) groups excluding carboxylic acids is 2. The molecule has 0 unspecified atom stereocenters. The van der Waals surface area contributed by atoms with Gasteiger partial charge in [0.05, 0.1) is 0 Å². The van der Waals surface area contributed by atoms with Crippen LogP contribution < -0.4 is 10.6 Å². The van der Waals surface area contributed by atoms with Crippen molar-refractivity contribution in [2.45, 2.75) is 44.7 Å². The molecule has 0 aromatic heterocycles. The van der Waals surface area contributed by atoms with Crippen LogP contribution in [-0.4, -0.2) is 17.9 Å². The van der Waals surface area contributed by atoms with E-state index in [-0.39, 0.29) is 17.9 Å². The van der Waals surface area contributed by atoms with E-state index in [0.717, 1.165) is 18.4 Å². The summed E-state index contributed by atoms with van der Waals surface area (Å²) in [5.41, 5.74) is 2.10. The Hall–Kier alpha value is -2.33. The number of amides is 2. The van der Waals surface area contributed by atoms with Crippen molar-refractivity contribution in [3.8, 4) is 0 Å². The topological polar surface area (TPSA) is 58.2 Å². The average Bonchev–Trinajstić information content (AvgIpc) is 2.68. The van der Waals surface area contributed by atoms with Crippen LogP contribution in [0.25, 0.3) is 0 Å². The lowest BCUT2D eigenvalue weighted by Gasteiger charge is -2.22. The van der Waals surface area contributed by atoms with E-state index >= 15 is 0 Å². The fourth-order valence-electron chi connectivity index (χ4n) is 3.18. The third-order valence-electron chi connectivity index (χ3n) is 4.72. The zero-order chi connectivity index (χ0) is 18.4. The van der Waals surface area contributed by atoms with Crippen molar-refractivity contribution >= 4 is 23.4 Å². The second-order valence-corrected chi connectivity index (χ2v) is 7.13. The molecule has 2 amide bonds. The number of rotatable bonds is 5. The van der Waals surface area contributed by atoms with Crippen molar-refractivity contribution in [3.63, 3.8) is 0 Å². The smallest absolute Gasteiger partial charge is 0.251 e. The first-order chi connectivity index (χ1) is 12.6. The van der Waals surface area contributed by atoms with Gasteiger partial charge in [-0.25, -0.2) is 0 Å². The van der Waals surface area contributed by atoms with Crippen molar-refractivity contribution in [2.24, 2.45) is 0 Å². The van der Waals surface area contributed by atoms with E-state index in [1.807, 2.05) is 12.1 Å². The molecule has 1 aliphatic carbocycles. The monoisotopic (exact) mass is 370 g/mol. The molecular weight excluding hydrogens is 348 g/mol. The van der Waals surface area contributed by atoms with E-state index < -0.39 is 0 Å². The maximum Gasteiger partial charge on any atom is 0.251 e. The van der Waals surface area contributed by atoms with Gasteiger partial charge >= 0.3 is 0 Å². The van der Waals surface area contributed by atoms with Crippen LogP contribution in [0.1, 0.15) is 58.4 Å². The van der Waals surface area contributed by atoms with Crippen LogP contribution in [0.15, 0.2) is 48.5 Å². The Morgan fingerprint density at radius 1 is 0.846 bits per heavy atom. The van der Waals surface area contributed by atoms with Crippen LogP contribution in [0, 0.1) is 0 Å². The van der Waals surface area contributed by atoms with Crippen LogP contribution in [0.2, 0.25) is 5.02 Å². The minimum atomic E-state index is -0.167. The van der Waals surface area contributed by atoms with Gasteiger partial charge in [-0.3, -0.25) is 9.59 Å². The molecule has 4 nitrogen and oxygen atoms in total. The van der Waals surface area contributed by atoms with Crippen molar-refractivity contribution in [2.75, 3.05) is 0 Å². The lowest BCUT2D eigenvalue weighted by Crippen LogP contribution is -2.36. The summed E-state index contributed by atoms with van der Waals surface area (Å²) >= 11 is 5.85. The van der Waals surface area contributed by atoms with Crippen LogP contribution in [0.5, 0.6) is 0 Å². The largest absolute Gasteiger partial charge is 0.349 e. The van der Waals surface area contributed by atoms with Crippen LogP contribution >= 0.6 is 11.6 Å². The number of halogens is 1. The molecule has 1 saturated carbocycles. The van der Waals surface area contributed by atoms with Crippen molar-refractivity contribution in [1.29, 1.82) is 0 Å². The first-order valence-electron chi connectivity index (χ1n) is 9.05. The molecule has 26 heavy (non-hydrogen) atoms. The summed E-state index contributed by atoms with van der Waals surface area (Å²) in [6, 6.07) is 14.4. The second kappa shape index (κ2) is 8.86. The molecule has 0 aliphatic heterocycles. The van der Waals surface area contributed by atoms with E-state index in [2.05, 4.69) is 10.6 Å². The molecule has 2 aromatic carbocycles. The Balaban J connectivity index is 1.53. The number of carbonyl (C=O) groups is 2. The Bertz CT molecular complexity index is 751. The van der Waals surface area contributed by atoms with Gasteiger partial charge in [0.1, 0.15) is 0 Å². The Labute approximate surface area is 158 Å². The fourth-order valence-corrected chi connectivity index (χ4v) is 3.30. The molecule has 0 saturated heterocycles. The predicted octanol–water partition coefficient (Wildman–Crippen LogP) is 4.33. The van der Waals surface area contributed by atoms with E-state index in [0.29, 0.717) is 22.7 Å². The van der Waals surface area contributed by atoms with Crippen molar-refractivity contribution in [3.05, 3.63) is 70.2 Å². The highest BCUT2D eigenvalue weighted by atomic mass is 35.5. The summed E-state index contributed by atoms with van der Waals surface area (Å²) in [5.74, 6) is -0.232. The molecule has 2 aromatic rings. The second-order valence-electron chi connectivity index (χ2n) is 6.69. The van der Waals surface area contributed by atoms with Gasteiger partial charge in [-0.05, 0) is 54.8 Å². The highest BCUT2D eigenvalue weighted by Crippen LogP contribution is 2.18. The van der Waals surface area contributed by atoms with Gasteiger partial charge in [0, 0.05) is 28.7 Å². The minimum Gasteiger partial charge on any atom is -0.349 e. The van der Waals surface area contributed by atoms with Gasteiger partial charge in [0.15, 0.2) is 0 Å². The minimum absolute atomic E-state index is 0.0648. The SMILES string of the molecule is O=C(NCc1ccc(Cl)cc1)c1ccc(C(=O)NC2CCCCC2)cc1. The predicted molar refractivity (Wildman–Crippen MR) is 103 cm³/mol. The number of nitrogens with one attached hydrogen (secondary N) is 2. The van der Waals surface area contributed by atoms with Crippen LogP contribution in [0.4, 0.5) is 0 Å². The first kappa shape index (κ1) is 18.5. The van der Waals surface area contributed by atoms with Crippen molar-refractivity contribution < 1.29 is 9.59 Å². The number of hydrogen-bond donors (Lipinski definition) is 2. The molecule has 1 aliphatic rings. The summed E-state index contributed by atoms with van der Waals surface area (Å²) in [7, 11) is 0. The van der Waals surface area contributed by atoms with Gasteiger partial charge in [-0.15, -0.1) is 0 Å². The van der Waals surface area contributed by atoms with Gasteiger partial charge in [0.25, 0.3) is 11.8 Å². The fraction of sp³-hybridized carbons (Fsp3) is 0.333. The highest BCUT2D eigenvalue weighted by molar-refractivity contribution is 6.30. The zero-order valence-electron chi connectivity index (χ0n) is 14.6. The lowest BCUT2D eigenvalue weighted by atomic mass is 9.95. The molecule has 2 N–H and O–H groups in total. The molecule has 0 radical (unpaired) electrons. The summed E-state index contributed by atoms with van der Waals surface area (Å²) in [6.45, 7) is 0.430. The first-order valence-corrected chi connectivity index (χ1v) is 9.43. The third kappa shape index (κ3) is 5.09. The Morgan fingerprint density at radius 3 is 2.04 bits per heavy atom. The standard InChI is InChI=1S/C21H23ClN2O2/c22-18-12-6-15(7-13-18)14-23-20(25)16-8-10-17(11-9-16)21(26)24-19-4-2-1-3-5-19/h6-13,19H,1-5,14H2,(H,23,25)(H,24,26). The zero-order valence-corrected chi connectivity index (χ0v) is 15.4. The van der Waals surface area contributed by atoms with E-state index in [4.69, 9.17) is 11.6 Å². The van der Waals surface area contributed by atoms with Gasteiger partial charge in [-0.2, -0.15) is 0 Å². The maximum atomic E-state index is 12.3. The highest BCUT2D eigenvalue weighted by Gasteiger charge is 2.16. The Kier molecular flexibility index (Phi) is 6.29. The molecule has 1 fully saturated rings. The molecule has 0 atom stereocenters. The average molecular weight is 371 g/mol.